The second-order valence-corrected chi connectivity index (χ2v) is 12.7. The van der Waals surface area contributed by atoms with Crippen molar-refractivity contribution in [3.63, 3.8) is 0 Å². The summed E-state index contributed by atoms with van der Waals surface area (Å²) in [6.45, 7) is 9.61. The van der Waals surface area contributed by atoms with Gasteiger partial charge in [0.2, 0.25) is 0 Å². The molecule has 25 heavy (non-hydrogen) atoms. The standard InChI is InChI=1S/C23H27NSi/c1-16(2)12-17-10-11-20-22(13-17)25(4,5)23-15-19-9-7-6-8-18(19)14-21(23)24(20)3/h6-11,13-16H,12H2,1-5H3. The highest BCUT2D eigenvalue weighted by molar-refractivity contribution is 7.02. The zero-order valence-corrected chi connectivity index (χ0v) is 16.9. The fraction of sp³-hybridized carbons (Fsp3) is 0.304. The first kappa shape index (κ1) is 16.4. The third kappa shape index (κ3) is 2.60. The second-order valence-electron chi connectivity index (χ2n) is 8.35. The van der Waals surface area contributed by atoms with E-state index in [0.717, 1.165) is 6.42 Å². The summed E-state index contributed by atoms with van der Waals surface area (Å²) in [4.78, 5) is 2.40. The molecule has 0 aliphatic carbocycles. The maximum absolute atomic E-state index is 2.51. The molecule has 0 atom stereocenters. The molecule has 1 nitrogen and oxygen atoms in total. The van der Waals surface area contributed by atoms with E-state index in [4.69, 9.17) is 0 Å². The number of fused-ring (bicyclic) bond motifs is 3. The highest BCUT2D eigenvalue weighted by Gasteiger charge is 2.37. The van der Waals surface area contributed by atoms with Crippen LogP contribution in [0.4, 0.5) is 11.4 Å². The lowest BCUT2D eigenvalue weighted by Gasteiger charge is -2.40. The van der Waals surface area contributed by atoms with Crippen LogP contribution < -0.4 is 15.3 Å². The topological polar surface area (TPSA) is 3.24 Å². The minimum absolute atomic E-state index is 0.695. The van der Waals surface area contributed by atoms with Gasteiger partial charge < -0.3 is 4.90 Å². The summed E-state index contributed by atoms with van der Waals surface area (Å²) in [6, 6.07) is 20.7. The van der Waals surface area contributed by atoms with Crippen molar-refractivity contribution in [3.05, 3.63) is 60.2 Å². The van der Waals surface area contributed by atoms with Crippen molar-refractivity contribution < 1.29 is 0 Å². The molecule has 1 heterocycles. The van der Waals surface area contributed by atoms with Gasteiger partial charge in [0, 0.05) is 18.4 Å². The number of rotatable bonds is 2. The van der Waals surface area contributed by atoms with Crippen molar-refractivity contribution in [1.82, 2.24) is 0 Å². The van der Waals surface area contributed by atoms with E-state index < -0.39 is 8.07 Å². The molecule has 0 saturated carbocycles. The Kier molecular flexibility index (Phi) is 3.77. The third-order valence-electron chi connectivity index (χ3n) is 5.64. The summed E-state index contributed by atoms with van der Waals surface area (Å²) in [5.74, 6) is 0.695. The largest absolute Gasteiger partial charge is 0.345 e. The van der Waals surface area contributed by atoms with E-state index in [0.29, 0.717) is 5.92 Å². The van der Waals surface area contributed by atoms with E-state index in [1.165, 1.54) is 27.7 Å². The van der Waals surface area contributed by atoms with Gasteiger partial charge in [0.1, 0.15) is 8.07 Å². The van der Waals surface area contributed by atoms with Gasteiger partial charge in [0.25, 0.3) is 0 Å². The van der Waals surface area contributed by atoms with Gasteiger partial charge in [-0.3, -0.25) is 0 Å². The fourth-order valence-electron chi connectivity index (χ4n) is 4.26. The molecule has 0 unspecified atom stereocenters. The van der Waals surface area contributed by atoms with Crippen LogP contribution >= 0.6 is 0 Å². The number of hydrogen-bond donors (Lipinski definition) is 0. The van der Waals surface area contributed by atoms with Crippen LogP contribution in [0, 0.1) is 5.92 Å². The van der Waals surface area contributed by atoms with Crippen molar-refractivity contribution in [1.29, 1.82) is 0 Å². The van der Waals surface area contributed by atoms with E-state index in [2.05, 4.69) is 93.5 Å². The van der Waals surface area contributed by atoms with E-state index >= 15 is 0 Å². The Morgan fingerprint density at radius 1 is 0.840 bits per heavy atom. The molecule has 2 heteroatoms. The van der Waals surface area contributed by atoms with Gasteiger partial charge >= 0.3 is 0 Å². The molecule has 0 amide bonds. The van der Waals surface area contributed by atoms with Crippen LogP contribution in [0.25, 0.3) is 10.8 Å². The average molecular weight is 346 g/mol. The first-order valence-electron chi connectivity index (χ1n) is 9.28. The summed E-state index contributed by atoms with van der Waals surface area (Å²) in [5.41, 5.74) is 4.26. The summed E-state index contributed by atoms with van der Waals surface area (Å²) in [7, 11) is 0.506. The minimum Gasteiger partial charge on any atom is -0.345 e. The van der Waals surface area contributed by atoms with Gasteiger partial charge in [0.05, 0.1) is 0 Å². The van der Waals surface area contributed by atoms with E-state index in [1.54, 1.807) is 10.4 Å². The zero-order chi connectivity index (χ0) is 17.8. The predicted octanol–water partition coefficient (Wildman–Crippen LogP) is 4.94. The lowest BCUT2D eigenvalue weighted by molar-refractivity contribution is 0.647. The lowest BCUT2D eigenvalue weighted by atomic mass is 10.0. The van der Waals surface area contributed by atoms with Gasteiger partial charge in [-0.1, -0.05) is 69.4 Å². The molecule has 4 rings (SSSR count). The quantitative estimate of drug-likeness (QED) is 0.595. The number of nitrogens with zero attached hydrogens (tertiary/aromatic N) is 1. The molecule has 0 radical (unpaired) electrons. The van der Waals surface area contributed by atoms with Crippen molar-refractivity contribution in [3.8, 4) is 0 Å². The number of hydrogen-bond acceptors (Lipinski definition) is 1. The molecular weight excluding hydrogens is 318 g/mol. The van der Waals surface area contributed by atoms with Crippen molar-refractivity contribution in [2.45, 2.75) is 33.4 Å². The summed E-state index contributed by atoms with van der Waals surface area (Å²) < 4.78 is 0. The fourth-order valence-corrected chi connectivity index (χ4v) is 7.38. The first-order valence-corrected chi connectivity index (χ1v) is 12.3. The van der Waals surface area contributed by atoms with Gasteiger partial charge in [-0.15, -0.1) is 0 Å². The Hall–Kier alpha value is -2.06. The Morgan fingerprint density at radius 2 is 1.48 bits per heavy atom. The van der Waals surface area contributed by atoms with Crippen molar-refractivity contribution >= 4 is 40.6 Å². The SMILES string of the molecule is CC(C)Cc1ccc2c(c1)[Si](C)(C)c1cc3ccccc3cc1N2C. The summed E-state index contributed by atoms with van der Waals surface area (Å²) >= 11 is 0. The van der Waals surface area contributed by atoms with Gasteiger partial charge in [-0.25, -0.2) is 0 Å². The first-order chi connectivity index (χ1) is 11.9. The molecule has 0 saturated heterocycles. The van der Waals surface area contributed by atoms with Crippen LogP contribution in [-0.4, -0.2) is 15.1 Å². The third-order valence-corrected chi connectivity index (χ3v) is 9.13. The molecule has 0 N–H and O–H groups in total. The molecule has 128 valence electrons. The number of benzene rings is 3. The lowest BCUT2D eigenvalue weighted by Crippen LogP contribution is -2.58. The number of anilines is 2. The van der Waals surface area contributed by atoms with Gasteiger partial charge in [-0.05, 0) is 51.2 Å². The molecule has 0 fully saturated rings. The monoisotopic (exact) mass is 345 g/mol. The molecule has 1 aliphatic heterocycles. The molecule has 0 aromatic heterocycles. The molecular formula is C23H27NSi. The smallest absolute Gasteiger partial charge is 0.117 e. The molecule has 3 aromatic carbocycles. The minimum atomic E-state index is -1.71. The second kappa shape index (κ2) is 5.74. The van der Waals surface area contributed by atoms with Crippen LogP contribution in [-0.2, 0) is 6.42 Å². The normalized spacial score (nSPS) is 15.4. The van der Waals surface area contributed by atoms with Crippen LogP contribution in [0.1, 0.15) is 19.4 Å². The summed E-state index contributed by atoms with van der Waals surface area (Å²) in [6.07, 6.45) is 1.16. The predicted molar refractivity (Wildman–Crippen MR) is 114 cm³/mol. The maximum atomic E-state index is 2.51. The summed E-state index contributed by atoms with van der Waals surface area (Å²) in [5, 5.41) is 5.83. The molecule has 0 bridgehead atoms. The highest BCUT2D eigenvalue weighted by Crippen LogP contribution is 2.33. The maximum Gasteiger partial charge on any atom is 0.117 e. The molecule has 0 spiro atoms. The van der Waals surface area contributed by atoms with Crippen LogP contribution in [0.15, 0.2) is 54.6 Å². The van der Waals surface area contributed by atoms with Crippen LogP contribution in [0.2, 0.25) is 13.1 Å². The van der Waals surface area contributed by atoms with Gasteiger partial charge in [0.15, 0.2) is 0 Å². The Bertz CT molecular complexity index is 955. The Balaban J connectivity index is 1.93. The van der Waals surface area contributed by atoms with E-state index in [-0.39, 0.29) is 0 Å². The Morgan fingerprint density at radius 3 is 2.16 bits per heavy atom. The van der Waals surface area contributed by atoms with Crippen molar-refractivity contribution in [2.24, 2.45) is 5.92 Å². The molecule has 1 aliphatic rings. The molecule has 3 aromatic rings. The van der Waals surface area contributed by atoms with E-state index in [1.807, 2.05) is 0 Å². The van der Waals surface area contributed by atoms with Crippen molar-refractivity contribution in [2.75, 3.05) is 11.9 Å². The highest BCUT2D eigenvalue weighted by atomic mass is 28.3. The zero-order valence-electron chi connectivity index (χ0n) is 15.9. The van der Waals surface area contributed by atoms with E-state index in [9.17, 15) is 0 Å². The Labute approximate surface area is 152 Å². The van der Waals surface area contributed by atoms with Crippen LogP contribution in [0.3, 0.4) is 0 Å². The van der Waals surface area contributed by atoms with Crippen LogP contribution in [0.5, 0.6) is 0 Å². The average Bonchev–Trinajstić information content (AvgIpc) is 2.58. The van der Waals surface area contributed by atoms with Gasteiger partial charge in [-0.2, -0.15) is 0 Å².